The van der Waals surface area contributed by atoms with E-state index < -0.39 is 0 Å². The minimum atomic E-state index is -0.341. The lowest BCUT2D eigenvalue weighted by Crippen LogP contribution is -2.46. The van der Waals surface area contributed by atoms with E-state index in [4.69, 9.17) is 10.5 Å². The summed E-state index contributed by atoms with van der Waals surface area (Å²) in [6.45, 7) is 6.29. The van der Waals surface area contributed by atoms with Crippen LogP contribution in [0, 0.1) is 0 Å². The van der Waals surface area contributed by atoms with Crippen molar-refractivity contribution >= 4 is 18.3 Å². The van der Waals surface area contributed by atoms with Crippen LogP contribution in [0.5, 0.6) is 0 Å². The SMILES string of the molecule is CCCC(N)C(=O)N(CC)CC1CCCO1.Cl. The van der Waals surface area contributed by atoms with Gasteiger partial charge in [0.1, 0.15) is 0 Å². The highest BCUT2D eigenvalue weighted by atomic mass is 35.5. The Hall–Kier alpha value is -0.320. The smallest absolute Gasteiger partial charge is 0.239 e. The lowest BCUT2D eigenvalue weighted by Gasteiger charge is -2.26. The van der Waals surface area contributed by atoms with Gasteiger partial charge >= 0.3 is 0 Å². The van der Waals surface area contributed by atoms with Crippen LogP contribution in [0.3, 0.4) is 0 Å². The van der Waals surface area contributed by atoms with Crippen LogP contribution in [0.2, 0.25) is 0 Å². The molecule has 4 nitrogen and oxygen atoms in total. The molecule has 0 aliphatic carbocycles. The summed E-state index contributed by atoms with van der Waals surface area (Å²) < 4.78 is 5.54. The molecule has 1 aliphatic heterocycles. The molecule has 1 saturated heterocycles. The summed E-state index contributed by atoms with van der Waals surface area (Å²) in [6, 6.07) is -0.341. The molecule has 2 atom stereocenters. The van der Waals surface area contributed by atoms with Gasteiger partial charge in [-0.15, -0.1) is 12.4 Å². The Kier molecular flexibility index (Phi) is 8.56. The Morgan fingerprint density at radius 3 is 2.71 bits per heavy atom. The fourth-order valence-electron chi connectivity index (χ4n) is 2.08. The number of ether oxygens (including phenoxy) is 1. The fourth-order valence-corrected chi connectivity index (χ4v) is 2.08. The molecule has 0 aromatic carbocycles. The predicted octanol–water partition coefficient (Wildman–Crippen LogP) is 1.56. The quantitative estimate of drug-likeness (QED) is 0.792. The van der Waals surface area contributed by atoms with Gasteiger partial charge in [0.05, 0.1) is 12.1 Å². The molecule has 5 heteroatoms. The third-order valence-corrected chi connectivity index (χ3v) is 3.06. The summed E-state index contributed by atoms with van der Waals surface area (Å²) >= 11 is 0. The first-order chi connectivity index (χ1) is 7.69. The second kappa shape index (κ2) is 8.72. The topological polar surface area (TPSA) is 55.6 Å². The number of hydrogen-bond acceptors (Lipinski definition) is 3. The Labute approximate surface area is 110 Å². The first kappa shape index (κ1) is 16.7. The number of amides is 1. The monoisotopic (exact) mass is 264 g/mol. The number of carbonyl (C=O) groups excluding carboxylic acids is 1. The number of nitrogens with two attached hydrogens (primary N) is 1. The van der Waals surface area contributed by atoms with Crippen molar-refractivity contribution in [2.45, 2.75) is 51.7 Å². The summed E-state index contributed by atoms with van der Waals surface area (Å²) in [6.07, 6.45) is 4.10. The van der Waals surface area contributed by atoms with Gasteiger partial charge in [0.15, 0.2) is 0 Å². The molecular weight excluding hydrogens is 240 g/mol. The minimum Gasteiger partial charge on any atom is -0.376 e. The van der Waals surface area contributed by atoms with Crippen LogP contribution in [0.4, 0.5) is 0 Å². The summed E-state index contributed by atoms with van der Waals surface area (Å²) in [5, 5.41) is 0. The van der Waals surface area contributed by atoms with Gasteiger partial charge < -0.3 is 15.4 Å². The van der Waals surface area contributed by atoms with E-state index in [1.54, 1.807) is 0 Å². The molecule has 0 aromatic rings. The van der Waals surface area contributed by atoms with E-state index in [1.165, 1.54) is 0 Å². The number of nitrogens with zero attached hydrogens (tertiary/aromatic N) is 1. The Morgan fingerprint density at radius 1 is 1.53 bits per heavy atom. The fraction of sp³-hybridized carbons (Fsp3) is 0.917. The molecule has 0 bridgehead atoms. The van der Waals surface area contributed by atoms with E-state index >= 15 is 0 Å². The number of halogens is 1. The predicted molar refractivity (Wildman–Crippen MR) is 71.4 cm³/mol. The molecule has 1 aliphatic rings. The molecule has 17 heavy (non-hydrogen) atoms. The lowest BCUT2D eigenvalue weighted by atomic mass is 10.1. The van der Waals surface area contributed by atoms with Crippen molar-refractivity contribution in [1.82, 2.24) is 4.90 Å². The number of hydrogen-bond donors (Lipinski definition) is 1. The Morgan fingerprint density at radius 2 is 2.24 bits per heavy atom. The zero-order valence-corrected chi connectivity index (χ0v) is 11.7. The average Bonchev–Trinajstić information content (AvgIpc) is 2.78. The summed E-state index contributed by atoms with van der Waals surface area (Å²) in [4.78, 5) is 13.8. The van der Waals surface area contributed by atoms with E-state index in [-0.39, 0.29) is 30.5 Å². The van der Waals surface area contributed by atoms with E-state index in [2.05, 4.69) is 0 Å². The summed E-state index contributed by atoms with van der Waals surface area (Å²) in [5.74, 6) is 0.0693. The molecule has 2 unspecified atom stereocenters. The molecular formula is C12H25ClN2O2. The maximum absolute atomic E-state index is 12.0. The van der Waals surface area contributed by atoms with Gasteiger partial charge in [-0.2, -0.15) is 0 Å². The zero-order valence-electron chi connectivity index (χ0n) is 10.9. The molecule has 0 saturated carbocycles. The average molecular weight is 265 g/mol. The minimum absolute atomic E-state index is 0. The summed E-state index contributed by atoms with van der Waals surface area (Å²) in [5.41, 5.74) is 5.85. The van der Waals surface area contributed by atoms with Crippen LogP contribution in [-0.2, 0) is 9.53 Å². The van der Waals surface area contributed by atoms with Crippen molar-refractivity contribution in [2.75, 3.05) is 19.7 Å². The van der Waals surface area contributed by atoms with Crippen LogP contribution < -0.4 is 5.73 Å². The third-order valence-electron chi connectivity index (χ3n) is 3.06. The van der Waals surface area contributed by atoms with Gasteiger partial charge in [-0.3, -0.25) is 4.79 Å². The van der Waals surface area contributed by atoms with Gasteiger partial charge in [-0.25, -0.2) is 0 Å². The van der Waals surface area contributed by atoms with E-state index in [0.717, 1.165) is 38.8 Å². The second-order valence-electron chi connectivity index (χ2n) is 4.41. The number of rotatable bonds is 6. The van der Waals surface area contributed by atoms with E-state index in [1.807, 2.05) is 18.7 Å². The van der Waals surface area contributed by atoms with Crippen LogP contribution >= 0.6 is 12.4 Å². The van der Waals surface area contributed by atoms with Crippen LogP contribution in [-0.4, -0.2) is 42.6 Å². The van der Waals surface area contributed by atoms with Crippen LogP contribution in [0.1, 0.15) is 39.5 Å². The van der Waals surface area contributed by atoms with Gasteiger partial charge in [0.25, 0.3) is 0 Å². The molecule has 1 amide bonds. The summed E-state index contributed by atoms with van der Waals surface area (Å²) in [7, 11) is 0. The van der Waals surface area contributed by atoms with Gasteiger partial charge in [0.2, 0.25) is 5.91 Å². The molecule has 0 aromatic heterocycles. The Balaban J connectivity index is 0.00000256. The zero-order chi connectivity index (χ0) is 12.0. The Bertz CT molecular complexity index is 221. The molecule has 0 radical (unpaired) electrons. The largest absolute Gasteiger partial charge is 0.376 e. The molecule has 1 fully saturated rings. The first-order valence-corrected chi connectivity index (χ1v) is 6.35. The highest BCUT2D eigenvalue weighted by Gasteiger charge is 2.24. The normalized spacial score (nSPS) is 20.8. The third kappa shape index (κ3) is 5.23. The van der Waals surface area contributed by atoms with Crippen molar-refractivity contribution in [2.24, 2.45) is 5.73 Å². The van der Waals surface area contributed by atoms with Crippen molar-refractivity contribution in [1.29, 1.82) is 0 Å². The van der Waals surface area contributed by atoms with Crippen LogP contribution in [0.15, 0.2) is 0 Å². The van der Waals surface area contributed by atoms with Gasteiger partial charge in [-0.1, -0.05) is 13.3 Å². The van der Waals surface area contributed by atoms with Gasteiger partial charge in [0, 0.05) is 19.7 Å². The molecule has 102 valence electrons. The van der Waals surface area contributed by atoms with Crippen molar-refractivity contribution in [3.8, 4) is 0 Å². The maximum Gasteiger partial charge on any atom is 0.239 e. The molecule has 2 N–H and O–H groups in total. The molecule has 1 rings (SSSR count). The lowest BCUT2D eigenvalue weighted by molar-refractivity contribution is -0.134. The number of likely N-dealkylation sites (N-methyl/N-ethyl adjacent to an activating group) is 1. The van der Waals surface area contributed by atoms with E-state index in [0.29, 0.717) is 6.54 Å². The standard InChI is InChI=1S/C12H24N2O2.ClH/c1-3-6-11(13)12(15)14(4-2)9-10-7-5-8-16-10;/h10-11H,3-9,13H2,1-2H3;1H. The molecule has 0 spiro atoms. The highest BCUT2D eigenvalue weighted by molar-refractivity contribution is 5.85. The maximum atomic E-state index is 12.0. The van der Waals surface area contributed by atoms with Crippen molar-refractivity contribution in [3.05, 3.63) is 0 Å². The van der Waals surface area contributed by atoms with E-state index in [9.17, 15) is 4.79 Å². The highest BCUT2D eigenvalue weighted by Crippen LogP contribution is 2.14. The van der Waals surface area contributed by atoms with Crippen LogP contribution in [0.25, 0.3) is 0 Å². The second-order valence-corrected chi connectivity index (χ2v) is 4.41. The van der Waals surface area contributed by atoms with Crippen molar-refractivity contribution in [3.63, 3.8) is 0 Å². The van der Waals surface area contributed by atoms with Crippen molar-refractivity contribution < 1.29 is 9.53 Å². The first-order valence-electron chi connectivity index (χ1n) is 6.35. The van der Waals surface area contributed by atoms with Gasteiger partial charge in [-0.05, 0) is 26.2 Å². The number of carbonyl (C=O) groups is 1. The molecule has 1 heterocycles.